The summed E-state index contributed by atoms with van der Waals surface area (Å²) in [4.78, 5) is 19.7. The van der Waals surface area contributed by atoms with E-state index in [1.165, 1.54) is 11.3 Å². The minimum absolute atomic E-state index is 0.00569. The van der Waals surface area contributed by atoms with Crippen molar-refractivity contribution in [3.8, 4) is 5.75 Å². The maximum Gasteiger partial charge on any atom is 0.263 e. The van der Waals surface area contributed by atoms with Crippen molar-refractivity contribution in [1.82, 2.24) is 4.98 Å². The molecule has 0 N–H and O–H groups in total. The highest BCUT2D eigenvalue weighted by Gasteiger charge is 2.28. The maximum absolute atomic E-state index is 13.4. The van der Waals surface area contributed by atoms with Gasteiger partial charge in [-0.2, -0.15) is 0 Å². The van der Waals surface area contributed by atoms with E-state index in [2.05, 4.69) is 4.98 Å². The number of hydrogen-bond acceptors (Lipinski definition) is 5. The topological polar surface area (TPSA) is 51.7 Å². The molecule has 140 valence electrons. The van der Waals surface area contributed by atoms with Crippen LogP contribution in [-0.4, -0.2) is 37.3 Å². The molecular weight excluding hydrogens is 384 g/mol. The summed E-state index contributed by atoms with van der Waals surface area (Å²) in [7, 11) is 1.56. The van der Waals surface area contributed by atoms with E-state index in [0.717, 1.165) is 24.1 Å². The fourth-order valence-electron chi connectivity index (χ4n) is 3.23. The first kappa shape index (κ1) is 18.2. The lowest BCUT2D eigenvalue weighted by Crippen LogP contribution is -2.37. The molecule has 1 aliphatic rings. The summed E-state index contributed by atoms with van der Waals surface area (Å²) in [6.07, 6.45) is 1.94. The standard InChI is InChI=1S/C20H19ClN2O3S/c1-25-16-9-3-2-7-14(16)19(24)23(12-13-6-5-11-26-13)20-22-18-15(21)8-4-10-17(18)27-20/h2-4,7-10,13H,5-6,11-12H2,1H3. The Morgan fingerprint density at radius 3 is 2.93 bits per heavy atom. The van der Waals surface area contributed by atoms with Gasteiger partial charge in [-0.1, -0.05) is 41.1 Å². The third-order valence-corrected chi connectivity index (χ3v) is 5.93. The Balaban J connectivity index is 1.75. The number of carbonyl (C=O) groups excluding carboxylic acids is 1. The number of halogens is 1. The number of hydrogen-bond donors (Lipinski definition) is 0. The zero-order valence-electron chi connectivity index (χ0n) is 14.9. The van der Waals surface area contributed by atoms with E-state index in [0.29, 0.717) is 33.5 Å². The van der Waals surface area contributed by atoms with Crippen LogP contribution in [0, 0.1) is 0 Å². The summed E-state index contributed by atoms with van der Waals surface area (Å²) in [5, 5.41) is 1.20. The second-order valence-electron chi connectivity index (χ2n) is 6.33. The monoisotopic (exact) mass is 402 g/mol. The first-order chi connectivity index (χ1) is 13.2. The van der Waals surface area contributed by atoms with Gasteiger partial charge in [0, 0.05) is 6.61 Å². The predicted octanol–water partition coefficient (Wildman–Crippen LogP) is 4.78. The lowest BCUT2D eigenvalue weighted by Gasteiger charge is -2.23. The zero-order chi connectivity index (χ0) is 18.8. The van der Waals surface area contributed by atoms with Crippen molar-refractivity contribution in [1.29, 1.82) is 0 Å². The van der Waals surface area contributed by atoms with Gasteiger partial charge in [0.15, 0.2) is 5.13 Å². The molecule has 27 heavy (non-hydrogen) atoms. The summed E-state index contributed by atoms with van der Waals surface area (Å²) in [5.41, 5.74) is 1.22. The molecule has 0 aliphatic carbocycles. The summed E-state index contributed by atoms with van der Waals surface area (Å²) in [6.45, 7) is 1.18. The van der Waals surface area contributed by atoms with Gasteiger partial charge < -0.3 is 9.47 Å². The Hall–Kier alpha value is -2.15. The number of ether oxygens (including phenoxy) is 2. The van der Waals surface area contributed by atoms with Crippen LogP contribution in [-0.2, 0) is 4.74 Å². The van der Waals surface area contributed by atoms with Crippen LogP contribution in [0.3, 0.4) is 0 Å². The quantitative estimate of drug-likeness (QED) is 0.616. The summed E-state index contributed by atoms with van der Waals surface area (Å²) in [6, 6.07) is 12.9. The molecule has 1 atom stereocenters. The Labute approximate surface area is 166 Å². The van der Waals surface area contributed by atoms with E-state index in [-0.39, 0.29) is 12.0 Å². The summed E-state index contributed by atoms with van der Waals surface area (Å²) >= 11 is 7.74. The van der Waals surface area contributed by atoms with Crippen molar-refractivity contribution in [2.75, 3.05) is 25.2 Å². The van der Waals surface area contributed by atoms with Crippen LogP contribution in [0.1, 0.15) is 23.2 Å². The summed E-state index contributed by atoms with van der Waals surface area (Å²) in [5.74, 6) is 0.386. The van der Waals surface area contributed by atoms with Crippen molar-refractivity contribution in [2.45, 2.75) is 18.9 Å². The average Bonchev–Trinajstić information content (AvgIpc) is 3.35. The number of methoxy groups -OCH3 is 1. The van der Waals surface area contributed by atoms with E-state index >= 15 is 0 Å². The second-order valence-corrected chi connectivity index (χ2v) is 7.75. The number of nitrogens with zero attached hydrogens (tertiary/aromatic N) is 2. The van der Waals surface area contributed by atoms with Crippen LogP contribution in [0.5, 0.6) is 5.75 Å². The lowest BCUT2D eigenvalue weighted by molar-refractivity contribution is 0.0915. The largest absolute Gasteiger partial charge is 0.496 e. The molecule has 0 bridgehead atoms. The molecule has 1 aromatic heterocycles. The van der Waals surface area contributed by atoms with Crippen LogP contribution < -0.4 is 9.64 Å². The molecule has 0 spiro atoms. The minimum atomic E-state index is -0.155. The molecule has 3 aromatic rings. The van der Waals surface area contributed by atoms with Gasteiger partial charge in [0.2, 0.25) is 0 Å². The third-order valence-electron chi connectivity index (χ3n) is 4.58. The number of amides is 1. The van der Waals surface area contributed by atoms with Crippen molar-refractivity contribution in [3.05, 3.63) is 53.1 Å². The Morgan fingerprint density at radius 1 is 1.33 bits per heavy atom. The smallest absolute Gasteiger partial charge is 0.263 e. The Morgan fingerprint density at radius 2 is 2.19 bits per heavy atom. The number of anilines is 1. The SMILES string of the molecule is COc1ccccc1C(=O)N(CC1CCCO1)c1nc2c(Cl)cccc2s1. The van der Waals surface area contributed by atoms with Crippen LogP contribution >= 0.6 is 22.9 Å². The van der Waals surface area contributed by atoms with Crippen LogP contribution in [0.2, 0.25) is 5.02 Å². The van der Waals surface area contributed by atoms with Gasteiger partial charge in [-0.15, -0.1) is 0 Å². The Kier molecular flexibility index (Phi) is 5.29. The lowest BCUT2D eigenvalue weighted by atomic mass is 10.1. The normalized spacial score (nSPS) is 16.6. The molecule has 2 aromatic carbocycles. The van der Waals surface area contributed by atoms with E-state index in [1.54, 1.807) is 30.2 Å². The molecule has 5 nitrogen and oxygen atoms in total. The highest BCUT2D eigenvalue weighted by atomic mass is 35.5. The van der Waals surface area contributed by atoms with Crippen LogP contribution in [0.4, 0.5) is 5.13 Å². The third kappa shape index (κ3) is 3.65. The fraction of sp³-hybridized carbons (Fsp3) is 0.300. The predicted molar refractivity (Wildman–Crippen MR) is 108 cm³/mol. The molecule has 1 saturated heterocycles. The fourth-order valence-corrected chi connectivity index (χ4v) is 4.50. The van der Waals surface area contributed by atoms with Gasteiger partial charge >= 0.3 is 0 Å². The minimum Gasteiger partial charge on any atom is -0.496 e. The van der Waals surface area contributed by atoms with Gasteiger partial charge in [0.25, 0.3) is 5.91 Å². The maximum atomic E-state index is 13.4. The van der Waals surface area contributed by atoms with Crippen LogP contribution in [0.15, 0.2) is 42.5 Å². The number of thiazole rings is 1. The molecule has 1 aliphatic heterocycles. The van der Waals surface area contributed by atoms with Gasteiger partial charge in [-0.3, -0.25) is 9.69 Å². The molecule has 4 rings (SSSR count). The van der Waals surface area contributed by atoms with Crippen molar-refractivity contribution < 1.29 is 14.3 Å². The number of fused-ring (bicyclic) bond motifs is 1. The van der Waals surface area contributed by atoms with Gasteiger partial charge in [0.05, 0.1) is 35.0 Å². The van der Waals surface area contributed by atoms with E-state index in [4.69, 9.17) is 21.1 Å². The second kappa shape index (κ2) is 7.84. The first-order valence-electron chi connectivity index (χ1n) is 8.79. The molecule has 0 saturated carbocycles. The summed E-state index contributed by atoms with van der Waals surface area (Å²) < 4.78 is 12.1. The number of carbonyl (C=O) groups is 1. The molecule has 1 unspecified atom stereocenters. The van der Waals surface area contributed by atoms with Crippen LogP contribution in [0.25, 0.3) is 10.2 Å². The van der Waals surface area contributed by atoms with E-state index < -0.39 is 0 Å². The van der Waals surface area contributed by atoms with Crippen molar-refractivity contribution in [3.63, 3.8) is 0 Å². The Bertz CT molecular complexity index is 969. The van der Waals surface area contributed by atoms with Gasteiger partial charge in [-0.05, 0) is 37.1 Å². The number of benzene rings is 2. The van der Waals surface area contributed by atoms with Crippen molar-refractivity contribution >= 4 is 44.2 Å². The molecule has 2 heterocycles. The molecule has 0 radical (unpaired) electrons. The highest BCUT2D eigenvalue weighted by Crippen LogP contribution is 2.34. The number of aromatic nitrogens is 1. The highest BCUT2D eigenvalue weighted by molar-refractivity contribution is 7.22. The average molecular weight is 403 g/mol. The number of rotatable bonds is 5. The molecule has 1 amide bonds. The van der Waals surface area contributed by atoms with E-state index in [9.17, 15) is 4.79 Å². The van der Waals surface area contributed by atoms with Gasteiger partial charge in [0.1, 0.15) is 11.3 Å². The zero-order valence-corrected chi connectivity index (χ0v) is 16.4. The molecular formula is C20H19ClN2O3S. The number of para-hydroxylation sites is 2. The first-order valence-corrected chi connectivity index (χ1v) is 9.98. The van der Waals surface area contributed by atoms with Crippen molar-refractivity contribution in [2.24, 2.45) is 0 Å². The molecule has 7 heteroatoms. The molecule has 1 fully saturated rings. The van der Waals surface area contributed by atoms with E-state index in [1.807, 2.05) is 24.3 Å². The van der Waals surface area contributed by atoms with Gasteiger partial charge in [-0.25, -0.2) is 4.98 Å².